The summed E-state index contributed by atoms with van der Waals surface area (Å²) in [5.41, 5.74) is 2.34. The Morgan fingerprint density at radius 1 is 1.25 bits per heavy atom. The van der Waals surface area contributed by atoms with Crippen LogP contribution in [0.1, 0.15) is 23.0 Å². The number of rotatable bonds is 8. The highest BCUT2D eigenvalue weighted by Gasteiger charge is 2.25. The number of aliphatic imine (C=N–C) groups is 1. The zero-order valence-electron chi connectivity index (χ0n) is 18.7. The monoisotopic (exact) mass is 437 g/mol. The maximum Gasteiger partial charge on any atom is 0.194 e. The molecular formula is C24H31N5O3. The van der Waals surface area contributed by atoms with Crippen LogP contribution < -0.4 is 10.1 Å². The van der Waals surface area contributed by atoms with Crippen LogP contribution in [-0.2, 0) is 24.6 Å². The van der Waals surface area contributed by atoms with E-state index in [1.165, 1.54) is 5.56 Å². The zero-order valence-corrected chi connectivity index (χ0v) is 18.7. The van der Waals surface area contributed by atoms with Gasteiger partial charge in [0, 0.05) is 44.9 Å². The van der Waals surface area contributed by atoms with Gasteiger partial charge in [-0.2, -0.15) is 5.10 Å². The summed E-state index contributed by atoms with van der Waals surface area (Å²) in [6.45, 7) is 3.64. The molecule has 4 rings (SSSR count). The van der Waals surface area contributed by atoms with Gasteiger partial charge in [0.1, 0.15) is 17.6 Å². The third-order valence-electron chi connectivity index (χ3n) is 5.52. The molecule has 3 heterocycles. The number of methoxy groups -OCH3 is 1. The first kappa shape index (κ1) is 22.0. The van der Waals surface area contributed by atoms with Gasteiger partial charge in [0.15, 0.2) is 5.96 Å². The molecule has 2 aromatic heterocycles. The molecule has 1 atom stereocenters. The number of aromatic nitrogens is 2. The number of ether oxygens (including phenoxy) is 2. The number of nitrogens with one attached hydrogen (secondary N) is 1. The average molecular weight is 438 g/mol. The number of benzene rings is 1. The number of nitrogens with zero attached hydrogens (tertiary/aromatic N) is 4. The van der Waals surface area contributed by atoms with Gasteiger partial charge in [0.05, 0.1) is 32.7 Å². The fourth-order valence-electron chi connectivity index (χ4n) is 3.76. The summed E-state index contributed by atoms with van der Waals surface area (Å²) in [5, 5.41) is 7.85. The molecule has 1 N–H and O–H groups in total. The molecule has 32 heavy (non-hydrogen) atoms. The summed E-state index contributed by atoms with van der Waals surface area (Å²) in [7, 11) is 3.61. The highest BCUT2D eigenvalue weighted by molar-refractivity contribution is 5.80. The van der Waals surface area contributed by atoms with Crippen molar-refractivity contribution in [3.05, 3.63) is 71.9 Å². The van der Waals surface area contributed by atoms with Crippen molar-refractivity contribution >= 4 is 5.96 Å². The van der Waals surface area contributed by atoms with Gasteiger partial charge in [0.25, 0.3) is 0 Å². The smallest absolute Gasteiger partial charge is 0.194 e. The Morgan fingerprint density at radius 3 is 2.84 bits per heavy atom. The second-order valence-corrected chi connectivity index (χ2v) is 7.81. The molecule has 1 saturated heterocycles. The van der Waals surface area contributed by atoms with Crippen LogP contribution in [0.3, 0.4) is 0 Å². The maximum absolute atomic E-state index is 6.01. The Morgan fingerprint density at radius 2 is 2.12 bits per heavy atom. The lowest BCUT2D eigenvalue weighted by Crippen LogP contribution is -2.48. The van der Waals surface area contributed by atoms with E-state index in [0.717, 1.165) is 55.5 Å². The van der Waals surface area contributed by atoms with Gasteiger partial charge in [-0.15, -0.1) is 0 Å². The first-order valence-corrected chi connectivity index (χ1v) is 11.0. The van der Waals surface area contributed by atoms with E-state index in [2.05, 4.69) is 27.4 Å². The fourth-order valence-corrected chi connectivity index (χ4v) is 3.76. The molecule has 1 aromatic carbocycles. The van der Waals surface area contributed by atoms with Gasteiger partial charge in [-0.25, -0.2) is 0 Å². The lowest BCUT2D eigenvalue weighted by Gasteiger charge is -2.35. The largest absolute Gasteiger partial charge is 0.497 e. The molecule has 0 aliphatic carbocycles. The molecule has 0 radical (unpaired) electrons. The molecule has 170 valence electrons. The van der Waals surface area contributed by atoms with E-state index >= 15 is 0 Å². The van der Waals surface area contributed by atoms with Crippen LogP contribution >= 0.6 is 0 Å². The molecule has 1 aliphatic rings. The van der Waals surface area contributed by atoms with Gasteiger partial charge < -0.3 is 24.1 Å². The van der Waals surface area contributed by atoms with Crippen molar-refractivity contribution in [3.8, 4) is 5.75 Å². The number of aryl methyl sites for hydroxylation is 1. The van der Waals surface area contributed by atoms with Crippen LogP contribution in [0.25, 0.3) is 0 Å². The van der Waals surface area contributed by atoms with Crippen LogP contribution in [0.2, 0.25) is 0 Å². The summed E-state index contributed by atoms with van der Waals surface area (Å²) < 4.78 is 18.5. The van der Waals surface area contributed by atoms with Crippen molar-refractivity contribution in [2.75, 3.05) is 39.9 Å². The number of hydrogen-bond acceptors (Lipinski definition) is 5. The predicted octanol–water partition coefficient (Wildman–Crippen LogP) is 2.83. The van der Waals surface area contributed by atoms with E-state index in [1.54, 1.807) is 13.4 Å². The number of guanidine groups is 1. The third-order valence-corrected chi connectivity index (χ3v) is 5.52. The van der Waals surface area contributed by atoms with Crippen LogP contribution in [0.15, 0.2) is 64.5 Å². The van der Waals surface area contributed by atoms with E-state index in [9.17, 15) is 0 Å². The molecule has 3 aromatic rings. The average Bonchev–Trinajstić information content (AvgIpc) is 3.50. The van der Waals surface area contributed by atoms with Crippen molar-refractivity contribution < 1.29 is 13.9 Å². The van der Waals surface area contributed by atoms with Crippen molar-refractivity contribution in [1.29, 1.82) is 0 Å². The first-order valence-electron chi connectivity index (χ1n) is 11.0. The summed E-state index contributed by atoms with van der Waals surface area (Å²) in [4.78, 5) is 7.16. The minimum absolute atomic E-state index is 0.0175. The van der Waals surface area contributed by atoms with Gasteiger partial charge in [-0.1, -0.05) is 12.1 Å². The Bertz CT molecular complexity index is 982. The van der Waals surface area contributed by atoms with Gasteiger partial charge in [0.2, 0.25) is 0 Å². The molecule has 8 nitrogen and oxygen atoms in total. The highest BCUT2D eigenvalue weighted by Crippen LogP contribution is 2.21. The maximum atomic E-state index is 6.01. The highest BCUT2D eigenvalue weighted by atomic mass is 16.5. The summed E-state index contributed by atoms with van der Waals surface area (Å²) in [6.07, 6.45) is 7.24. The summed E-state index contributed by atoms with van der Waals surface area (Å²) in [6, 6.07) is 12.1. The summed E-state index contributed by atoms with van der Waals surface area (Å²) in [5.74, 6) is 2.72. The van der Waals surface area contributed by atoms with Crippen molar-refractivity contribution in [2.45, 2.75) is 18.9 Å². The quantitative estimate of drug-likeness (QED) is 0.431. The second-order valence-electron chi connectivity index (χ2n) is 7.81. The third kappa shape index (κ3) is 5.91. The predicted molar refractivity (Wildman–Crippen MR) is 123 cm³/mol. The van der Waals surface area contributed by atoms with E-state index in [-0.39, 0.29) is 6.10 Å². The zero-order chi connectivity index (χ0) is 22.2. The lowest BCUT2D eigenvalue weighted by atomic mass is 10.1. The normalized spacial score (nSPS) is 16.9. The molecule has 0 saturated carbocycles. The Balaban J connectivity index is 1.40. The molecule has 0 spiro atoms. The van der Waals surface area contributed by atoms with Gasteiger partial charge >= 0.3 is 0 Å². The number of furan rings is 1. The van der Waals surface area contributed by atoms with E-state index in [1.807, 2.05) is 48.4 Å². The van der Waals surface area contributed by atoms with Crippen LogP contribution in [0.4, 0.5) is 0 Å². The van der Waals surface area contributed by atoms with Crippen molar-refractivity contribution in [1.82, 2.24) is 20.0 Å². The lowest BCUT2D eigenvalue weighted by molar-refractivity contribution is -0.00805. The van der Waals surface area contributed by atoms with E-state index < -0.39 is 0 Å². The number of hydrogen-bond donors (Lipinski definition) is 1. The molecule has 0 bridgehead atoms. The van der Waals surface area contributed by atoms with Crippen molar-refractivity contribution in [3.63, 3.8) is 0 Å². The Kier molecular flexibility index (Phi) is 7.45. The first-order chi connectivity index (χ1) is 15.7. The van der Waals surface area contributed by atoms with Crippen LogP contribution in [0.5, 0.6) is 5.75 Å². The molecular weight excluding hydrogens is 406 g/mol. The van der Waals surface area contributed by atoms with Crippen LogP contribution in [-0.4, -0.2) is 60.5 Å². The van der Waals surface area contributed by atoms with Crippen LogP contribution in [0, 0.1) is 0 Å². The SMILES string of the molecule is COc1ccc(CCNC(=NCCc2ccco2)N2CCOC(c3cnn(C)c3)C2)cc1. The molecule has 1 fully saturated rings. The van der Waals surface area contributed by atoms with Crippen molar-refractivity contribution in [2.24, 2.45) is 12.0 Å². The minimum Gasteiger partial charge on any atom is -0.497 e. The minimum atomic E-state index is -0.0175. The van der Waals surface area contributed by atoms with E-state index in [0.29, 0.717) is 13.2 Å². The fraction of sp³-hybridized carbons (Fsp3) is 0.417. The Hall–Kier alpha value is -3.26. The molecule has 0 amide bonds. The number of morpholine rings is 1. The van der Waals surface area contributed by atoms with Gasteiger partial charge in [-0.05, 0) is 36.2 Å². The molecule has 1 aliphatic heterocycles. The van der Waals surface area contributed by atoms with E-state index in [4.69, 9.17) is 18.9 Å². The molecule has 1 unspecified atom stereocenters. The summed E-state index contributed by atoms with van der Waals surface area (Å²) >= 11 is 0. The standard InChI is InChI=1S/C24H31N5O3/c1-28-17-20(16-27-28)23-18-29(13-15-32-23)24(26-12-10-22-4-3-14-31-22)25-11-9-19-5-7-21(30-2)8-6-19/h3-8,14,16-17,23H,9-13,15,18H2,1-2H3,(H,25,26). The Labute approximate surface area is 188 Å². The topological polar surface area (TPSA) is 77.1 Å². The van der Waals surface area contributed by atoms with Gasteiger partial charge in [-0.3, -0.25) is 9.67 Å². The second kappa shape index (κ2) is 10.9. The molecule has 8 heteroatoms.